The van der Waals surface area contributed by atoms with Gasteiger partial charge in [0.05, 0.1) is 16.4 Å². The number of amides is 1. The Morgan fingerprint density at radius 2 is 1.87 bits per heavy atom. The van der Waals surface area contributed by atoms with E-state index < -0.39 is 12.1 Å². The van der Waals surface area contributed by atoms with Gasteiger partial charge in [-0.15, -0.1) is 12.3 Å². The Balaban J connectivity index is 0.000000295. The van der Waals surface area contributed by atoms with Gasteiger partial charge in [-0.1, -0.05) is 88.0 Å². The van der Waals surface area contributed by atoms with Crippen LogP contribution in [0.4, 0.5) is 13.2 Å². The maximum atomic E-state index is 13.7. The van der Waals surface area contributed by atoms with E-state index in [4.69, 9.17) is 0 Å². The molecule has 2 aliphatic heterocycles. The zero-order chi connectivity index (χ0) is 34.0. The summed E-state index contributed by atoms with van der Waals surface area (Å²) in [5, 5.41) is 1.25. The number of hydrogen-bond acceptors (Lipinski definition) is 4. The van der Waals surface area contributed by atoms with Crippen LogP contribution in [0.5, 0.6) is 0 Å². The lowest BCUT2D eigenvalue weighted by Crippen LogP contribution is -2.43. The van der Waals surface area contributed by atoms with Crippen LogP contribution in [-0.2, 0) is 11.2 Å². The van der Waals surface area contributed by atoms with Crippen molar-refractivity contribution in [3.63, 3.8) is 0 Å². The van der Waals surface area contributed by atoms with Crippen molar-refractivity contribution in [3.05, 3.63) is 95.0 Å². The molecule has 3 aliphatic rings. The minimum Gasteiger partial charge on any atom is -0.368 e. The normalized spacial score (nSPS) is 20.0. The number of likely N-dealkylation sites (tertiary alicyclic amines) is 1. The molecule has 1 unspecified atom stereocenters. The van der Waals surface area contributed by atoms with Gasteiger partial charge in [0, 0.05) is 51.7 Å². The van der Waals surface area contributed by atoms with Crippen LogP contribution in [0.25, 0.3) is 5.57 Å². The molecule has 0 bridgehead atoms. The second kappa shape index (κ2) is 14.3. The summed E-state index contributed by atoms with van der Waals surface area (Å²) in [6.45, 7) is 21.4. The second-order valence-corrected chi connectivity index (χ2v) is 14.7. The third-order valence-corrected chi connectivity index (χ3v) is 10.7. The van der Waals surface area contributed by atoms with Crippen molar-refractivity contribution in [2.45, 2.75) is 88.6 Å². The average Bonchev–Trinajstić information content (AvgIpc) is 3.60. The Morgan fingerprint density at radius 3 is 2.39 bits per heavy atom. The number of aryl methyl sites for hydroxylation is 2. The van der Waals surface area contributed by atoms with Crippen LogP contribution in [0.2, 0.25) is 0 Å². The molecule has 0 saturated carbocycles. The van der Waals surface area contributed by atoms with Gasteiger partial charge in [-0.25, -0.2) is 4.98 Å². The number of benzene rings is 1. The lowest BCUT2D eigenvalue weighted by molar-refractivity contribution is -0.158. The molecule has 5 rings (SSSR count). The summed E-state index contributed by atoms with van der Waals surface area (Å²) in [5.41, 5.74) is 10.9. The average molecular weight is 654 g/mol. The van der Waals surface area contributed by atoms with Crippen molar-refractivity contribution in [1.29, 1.82) is 0 Å². The summed E-state index contributed by atoms with van der Waals surface area (Å²) in [7, 11) is 1.47. The first-order valence-corrected chi connectivity index (χ1v) is 17.1. The van der Waals surface area contributed by atoms with Crippen LogP contribution in [0.15, 0.2) is 72.2 Å². The number of nitrogens with zero attached hydrogens (tertiary/aromatic N) is 3. The zero-order valence-corrected chi connectivity index (χ0v) is 29.1. The Hall–Kier alpha value is -3.22. The molecule has 250 valence electrons. The van der Waals surface area contributed by atoms with E-state index in [0.717, 1.165) is 17.7 Å². The molecule has 3 atom stereocenters. The fourth-order valence-corrected chi connectivity index (χ4v) is 7.80. The van der Waals surface area contributed by atoms with Gasteiger partial charge in [-0.3, -0.25) is 4.79 Å². The van der Waals surface area contributed by atoms with Crippen molar-refractivity contribution in [1.82, 2.24) is 14.8 Å². The number of hydrogen-bond donors (Lipinski definition) is 0. The van der Waals surface area contributed by atoms with Crippen LogP contribution >= 0.6 is 11.8 Å². The number of aromatic nitrogens is 1. The van der Waals surface area contributed by atoms with E-state index in [-0.39, 0.29) is 36.0 Å². The molecule has 1 aromatic carbocycles. The van der Waals surface area contributed by atoms with Crippen LogP contribution in [0.1, 0.15) is 88.5 Å². The molecule has 0 N–H and O–H groups in total. The number of carbonyl (C=O) groups excluding carboxylic acids is 1. The fourth-order valence-electron chi connectivity index (χ4n) is 6.58. The predicted octanol–water partition coefficient (Wildman–Crippen LogP) is 9.58. The van der Waals surface area contributed by atoms with Crippen LogP contribution in [0.3, 0.4) is 0 Å². The number of carbonyl (C=O) groups is 1. The first-order chi connectivity index (χ1) is 21.6. The molecule has 46 heavy (non-hydrogen) atoms. The summed E-state index contributed by atoms with van der Waals surface area (Å²) in [4.78, 5) is 20.9. The number of alkyl halides is 3. The molecule has 1 fully saturated rings. The topological polar surface area (TPSA) is 36.4 Å². The van der Waals surface area contributed by atoms with Crippen molar-refractivity contribution in [3.8, 4) is 0 Å². The SMILES string of the molecule is C=C=C([C@H](C)C=C)N1CCC(C(=O)N(C)C[C@@H](c2ccc(C)cc2)C(F)(F)F)CC1.CCc1cnc2c(c1C(C)C)C1=CC1(C)S2.[HH]. The molecule has 0 spiro atoms. The molecular weight excluding hydrogens is 603 g/mol. The maximum Gasteiger partial charge on any atom is 0.397 e. The van der Waals surface area contributed by atoms with E-state index in [1.54, 1.807) is 12.1 Å². The largest absolute Gasteiger partial charge is 0.397 e. The number of rotatable bonds is 9. The van der Waals surface area contributed by atoms with E-state index in [2.05, 4.69) is 68.7 Å². The highest BCUT2D eigenvalue weighted by molar-refractivity contribution is 8.02. The lowest BCUT2D eigenvalue weighted by atomic mass is 9.91. The van der Waals surface area contributed by atoms with Crippen molar-refractivity contribution >= 4 is 23.2 Å². The predicted molar refractivity (Wildman–Crippen MR) is 186 cm³/mol. The van der Waals surface area contributed by atoms with Crippen molar-refractivity contribution in [2.75, 3.05) is 26.7 Å². The van der Waals surface area contributed by atoms with Gasteiger partial charge in [0.15, 0.2) is 0 Å². The van der Waals surface area contributed by atoms with Crippen LogP contribution < -0.4 is 0 Å². The van der Waals surface area contributed by atoms with Gasteiger partial charge in [-0.2, -0.15) is 13.2 Å². The van der Waals surface area contributed by atoms with E-state index in [1.807, 2.05) is 31.7 Å². The molecule has 2 aromatic rings. The molecule has 0 radical (unpaired) electrons. The highest BCUT2D eigenvalue weighted by Crippen LogP contribution is 2.64. The maximum absolute atomic E-state index is 13.7. The van der Waals surface area contributed by atoms with Crippen LogP contribution in [0, 0.1) is 18.8 Å². The molecule has 1 aliphatic carbocycles. The minimum absolute atomic E-state index is 0. The molecule has 8 heteroatoms. The number of allylic oxidation sites excluding steroid dienone is 1. The van der Waals surface area contributed by atoms with E-state index >= 15 is 0 Å². The van der Waals surface area contributed by atoms with Crippen molar-refractivity contribution in [2.24, 2.45) is 11.8 Å². The van der Waals surface area contributed by atoms with Crippen LogP contribution in [-0.4, -0.2) is 58.3 Å². The van der Waals surface area contributed by atoms with E-state index in [9.17, 15) is 18.0 Å². The standard InChI is InChI=1S/C24H31F3N2O.C14H17NS.H2/c1-6-18(4)22(7-2)29-14-12-20(13-15-29)23(30)28(5)16-21(24(25,26)27)19-10-8-17(3)9-11-19;1-5-9-7-15-13-12(11(9)8(2)3)10-6-14(10,4)16-13;/h6,8-11,18,20-21H,1-2,12-16H2,3-5H3;6-8H,5H2,1-4H3;1H/t18-,21+;;/m1../s1. The smallest absolute Gasteiger partial charge is 0.368 e. The monoisotopic (exact) mass is 653 g/mol. The molecule has 1 saturated heterocycles. The Labute approximate surface area is 279 Å². The molecule has 1 amide bonds. The summed E-state index contributed by atoms with van der Waals surface area (Å²) in [5.74, 6) is -1.49. The van der Waals surface area contributed by atoms with E-state index in [0.29, 0.717) is 31.8 Å². The quantitative estimate of drug-likeness (QED) is 0.200. The van der Waals surface area contributed by atoms with Gasteiger partial charge >= 0.3 is 6.18 Å². The lowest BCUT2D eigenvalue weighted by Gasteiger charge is -2.37. The number of thioether (sulfide) groups is 1. The molecule has 4 nitrogen and oxygen atoms in total. The Kier molecular flexibility index (Phi) is 11.1. The number of pyridine rings is 1. The zero-order valence-electron chi connectivity index (χ0n) is 28.3. The fraction of sp³-hybridized carbons (Fsp3) is 0.500. The highest BCUT2D eigenvalue weighted by Gasteiger charge is 2.50. The first kappa shape index (κ1) is 35.6. The first-order valence-electron chi connectivity index (χ1n) is 16.2. The van der Waals surface area contributed by atoms with Gasteiger partial charge in [0.2, 0.25) is 5.91 Å². The second-order valence-electron chi connectivity index (χ2n) is 13.2. The highest BCUT2D eigenvalue weighted by atomic mass is 32.2. The van der Waals surface area contributed by atoms with Gasteiger partial charge in [0.1, 0.15) is 5.03 Å². The molecule has 3 heterocycles. The van der Waals surface area contributed by atoms with Gasteiger partial charge in [-0.05, 0) is 61.3 Å². The molecule has 1 aromatic heterocycles. The summed E-state index contributed by atoms with van der Waals surface area (Å²) >= 11 is 1.91. The number of piperidine rings is 1. The Bertz CT molecular complexity index is 1520. The minimum atomic E-state index is -4.42. The summed E-state index contributed by atoms with van der Waals surface area (Å²) in [6, 6.07) is 6.32. The Morgan fingerprint density at radius 1 is 1.24 bits per heavy atom. The van der Waals surface area contributed by atoms with Gasteiger partial charge < -0.3 is 9.80 Å². The number of fused-ring (bicyclic) bond motifs is 3. The summed E-state index contributed by atoms with van der Waals surface area (Å²) in [6.07, 6.45) is 4.14. The molecular formula is C38H50F3N3OS. The summed E-state index contributed by atoms with van der Waals surface area (Å²) < 4.78 is 41.4. The number of halogens is 3. The van der Waals surface area contributed by atoms with Crippen molar-refractivity contribution < 1.29 is 19.4 Å². The third-order valence-electron chi connectivity index (χ3n) is 9.43. The third kappa shape index (κ3) is 7.66. The number of likely N-dealkylation sites (N-methyl/N-ethyl adjacent to an activating group) is 1. The van der Waals surface area contributed by atoms with E-state index in [1.165, 1.54) is 51.4 Å². The van der Waals surface area contributed by atoms with Gasteiger partial charge in [0.25, 0.3) is 0 Å².